The highest BCUT2D eigenvalue weighted by molar-refractivity contribution is 6.30. The van der Waals surface area contributed by atoms with Crippen molar-refractivity contribution >= 4 is 23.7 Å². The van der Waals surface area contributed by atoms with Gasteiger partial charge in [0.15, 0.2) is 6.20 Å². The third-order valence-electron chi connectivity index (χ3n) is 5.61. The number of ether oxygens (including phenoxy) is 2. The molecule has 1 atom stereocenters. The molecule has 10 heteroatoms. The van der Waals surface area contributed by atoms with Crippen molar-refractivity contribution in [1.29, 1.82) is 0 Å². The standard InChI is InChI=1S/C21H31N8O2/c1-26(2)6-7-27-8-10-28(11-9-27)29-12-5-22-16-20(29)24-21(25-29)23-17-13-18(30-3)15-19(14-17)31-4/h5,12-16H,6-11H2,1-4H3,(H,23,25)/q+1. The smallest absolute Gasteiger partial charge is 0.301 e. The third kappa shape index (κ3) is 4.62. The summed E-state index contributed by atoms with van der Waals surface area (Å²) in [5.74, 6) is 2.70. The summed E-state index contributed by atoms with van der Waals surface area (Å²) in [6.07, 6.45) is 5.55. The van der Waals surface area contributed by atoms with Crippen LogP contribution in [-0.4, -0.2) is 105 Å². The van der Waals surface area contributed by atoms with Crippen molar-refractivity contribution in [3.05, 3.63) is 30.6 Å². The molecule has 10 nitrogen and oxygen atoms in total. The third-order valence-corrected chi connectivity index (χ3v) is 5.61. The number of rotatable bonds is 7. The van der Waals surface area contributed by atoms with E-state index in [2.05, 4.69) is 39.2 Å². The van der Waals surface area contributed by atoms with Crippen molar-refractivity contribution in [3.8, 4) is 11.5 Å². The van der Waals surface area contributed by atoms with Crippen LogP contribution < -0.4 is 14.8 Å². The van der Waals surface area contributed by atoms with Crippen LogP contribution >= 0.6 is 0 Å². The highest BCUT2D eigenvalue weighted by Crippen LogP contribution is 2.29. The topological polar surface area (TPSA) is 77.3 Å². The normalized spacial score (nSPS) is 23.5. The molecular weight excluding hydrogens is 396 g/mol. The van der Waals surface area contributed by atoms with Gasteiger partial charge in [-0.1, -0.05) is 0 Å². The van der Waals surface area contributed by atoms with E-state index in [0.29, 0.717) is 17.5 Å². The lowest BCUT2D eigenvalue weighted by molar-refractivity contribution is -0.918. The Morgan fingerprint density at radius 3 is 2.42 bits per heavy atom. The number of fused-ring (bicyclic) bond motifs is 1. The Kier molecular flexibility index (Phi) is 6.33. The van der Waals surface area contributed by atoms with Crippen LogP contribution in [0.25, 0.3) is 0 Å². The van der Waals surface area contributed by atoms with Crippen LogP contribution in [0.3, 0.4) is 0 Å². The second-order valence-corrected chi connectivity index (χ2v) is 7.94. The van der Waals surface area contributed by atoms with Gasteiger partial charge in [-0.15, -0.1) is 10.0 Å². The first-order chi connectivity index (χ1) is 15.0. The van der Waals surface area contributed by atoms with Crippen LogP contribution in [0.1, 0.15) is 0 Å². The first kappa shape index (κ1) is 21.4. The number of piperazine rings is 1. The molecule has 1 unspecified atom stereocenters. The highest BCUT2D eigenvalue weighted by atomic mass is 16.5. The van der Waals surface area contributed by atoms with E-state index in [1.807, 2.05) is 24.4 Å². The minimum Gasteiger partial charge on any atom is -0.497 e. The zero-order valence-electron chi connectivity index (χ0n) is 18.7. The van der Waals surface area contributed by atoms with Crippen molar-refractivity contribution in [1.82, 2.24) is 14.8 Å². The molecule has 1 aromatic rings. The molecule has 1 aromatic carbocycles. The van der Waals surface area contributed by atoms with Gasteiger partial charge < -0.3 is 19.7 Å². The number of nitrogens with zero attached hydrogens (tertiary/aromatic N) is 7. The second kappa shape index (κ2) is 9.15. The summed E-state index contributed by atoms with van der Waals surface area (Å²) in [6.45, 7) is 5.93. The summed E-state index contributed by atoms with van der Waals surface area (Å²) in [5.41, 5.74) is 0.798. The molecule has 3 aliphatic heterocycles. The van der Waals surface area contributed by atoms with Crippen molar-refractivity contribution in [3.63, 3.8) is 0 Å². The van der Waals surface area contributed by atoms with Crippen LogP contribution in [-0.2, 0) is 0 Å². The van der Waals surface area contributed by atoms with Gasteiger partial charge in [0.05, 0.1) is 33.5 Å². The Morgan fingerprint density at radius 1 is 1.06 bits per heavy atom. The van der Waals surface area contributed by atoms with E-state index >= 15 is 0 Å². The van der Waals surface area contributed by atoms with E-state index in [0.717, 1.165) is 50.8 Å². The fraction of sp³-hybridized carbons (Fsp3) is 0.476. The van der Waals surface area contributed by atoms with Crippen LogP contribution in [0.2, 0.25) is 0 Å². The van der Waals surface area contributed by atoms with Gasteiger partial charge in [-0.2, -0.15) is 0 Å². The Bertz CT molecular complexity index is 896. The minimum atomic E-state index is 0.217. The zero-order valence-corrected chi connectivity index (χ0v) is 18.7. The summed E-state index contributed by atoms with van der Waals surface area (Å²) < 4.78 is 11.0. The Labute approximate surface area is 183 Å². The maximum Gasteiger partial charge on any atom is 0.301 e. The molecule has 31 heavy (non-hydrogen) atoms. The Morgan fingerprint density at radius 2 is 1.77 bits per heavy atom. The summed E-state index contributed by atoms with van der Waals surface area (Å²) in [5, 5.41) is 10.6. The molecule has 3 aliphatic rings. The summed E-state index contributed by atoms with van der Waals surface area (Å²) >= 11 is 0. The van der Waals surface area contributed by atoms with E-state index in [1.54, 1.807) is 26.6 Å². The molecule has 4 rings (SSSR count). The van der Waals surface area contributed by atoms with Crippen molar-refractivity contribution in [2.75, 3.05) is 72.9 Å². The van der Waals surface area contributed by atoms with Gasteiger partial charge >= 0.3 is 5.84 Å². The number of benzene rings is 1. The van der Waals surface area contributed by atoms with Crippen molar-refractivity contribution in [2.45, 2.75) is 0 Å². The Hall–Kier alpha value is -2.79. The molecule has 0 amide bonds. The molecule has 0 aliphatic carbocycles. The fourth-order valence-electron chi connectivity index (χ4n) is 3.84. The summed E-state index contributed by atoms with van der Waals surface area (Å²) in [7, 11) is 7.48. The maximum atomic E-state index is 5.37. The Balaban J connectivity index is 1.51. The fourth-order valence-corrected chi connectivity index (χ4v) is 3.84. The molecular formula is C21H31N8O2+. The molecule has 0 radical (unpaired) electrons. The van der Waals surface area contributed by atoms with E-state index in [9.17, 15) is 0 Å². The van der Waals surface area contributed by atoms with Gasteiger partial charge in [0.1, 0.15) is 17.7 Å². The number of hydrogen-bond acceptors (Lipinski definition) is 9. The number of likely N-dealkylation sites (N-methyl/N-ethyl adjacent to an activating group) is 1. The number of anilines is 1. The van der Waals surface area contributed by atoms with E-state index in [1.165, 1.54) is 0 Å². The van der Waals surface area contributed by atoms with Crippen molar-refractivity contribution in [2.24, 2.45) is 15.1 Å². The molecule has 166 valence electrons. The molecule has 0 bridgehead atoms. The first-order valence-electron chi connectivity index (χ1n) is 10.4. The lowest BCUT2D eigenvalue weighted by atomic mass is 10.3. The molecule has 1 fully saturated rings. The number of amidine groups is 1. The predicted octanol–water partition coefficient (Wildman–Crippen LogP) is 1.27. The first-order valence-corrected chi connectivity index (χ1v) is 10.4. The number of guanidine groups is 1. The highest BCUT2D eigenvalue weighted by Gasteiger charge is 2.47. The number of nitrogens with one attached hydrogen (secondary N) is 1. The van der Waals surface area contributed by atoms with Crippen LogP contribution in [0, 0.1) is 0 Å². The second-order valence-electron chi connectivity index (χ2n) is 7.94. The van der Waals surface area contributed by atoms with Gasteiger partial charge in [0.2, 0.25) is 0 Å². The van der Waals surface area contributed by atoms with Gasteiger partial charge in [0.25, 0.3) is 5.96 Å². The van der Waals surface area contributed by atoms with Crippen LogP contribution in [0.15, 0.2) is 45.7 Å². The van der Waals surface area contributed by atoms with Gasteiger partial charge in [-0.05, 0) is 23.9 Å². The summed E-state index contributed by atoms with van der Waals surface area (Å²) in [4.78, 5) is 13.7. The van der Waals surface area contributed by atoms with E-state index in [-0.39, 0.29) is 4.70 Å². The molecule has 1 saturated heterocycles. The number of hydrogen-bond donors (Lipinski definition) is 1. The summed E-state index contributed by atoms with van der Waals surface area (Å²) in [6, 6.07) is 5.61. The largest absolute Gasteiger partial charge is 0.497 e. The maximum absolute atomic E-state index is 5.37. The predicted molar refractivity (Wildman–Crippen MR) is 122 cm³/mol. The molecule has 1 N–H and O–H groups in total. The molecule has 0 spiro atoms. The molecule has 0 saturated carbocycles. The van der Waals surface area contributed by atoms with Crippen LogP contribution in [0.5, 0.6) is 11.5 Å². The minimum absolute atomic E-state index is 0.217. The SMILES string of the molecule is COc1cc(NC2=N[N+]3(N4CCN(CCN(C)C)CC4)C=CN=CC3=N2)cc(OC)c1. The van der Waals surface area contributed by atoms with E-state index < -0.39 is 0 Å². The average Bonchev–Trinajstić information content (AvgIpc) is 3.16. The molecule has 0 aromatic heterocycles. The van der Waals surface area contributed by atoms with Crippen LogP contribution in [0.4, 0.5) is 5.69 Å². The van der Waals surface area contributed by atoms with Gasteiger partial charge in [-0.25, -0.2) is 0 Å². The number of quaternary nitrogens is 1. The van der Waals surface area contributed by atoms with Crippen molar-refractivity contribution < 1.29 is 14.2 Å². The average molecular weight is 428 g/mol. The van der Waals surface area contributed by atoms with E-state index in [4.69, 9.17) is 19.6 Å². The quantitative estimate of drug-likeness (QED) is 0.661. The monoisotopic (exact) mass is 427 g/mol. The number of methoxy groups -OCH3 is 2. The lowest BCUT2D eigenvalue weighted by Crippen LogP contribution is -2.62. The zero-order chi connectivity index (χ0) is 21.8. The van der Waals surface area contributed by atoms with Gasteiger partial charge in [-0.3, -0.25) is 9.89 Å². The lowest BCUT2D eigenvalue weighted by Gasteiger charge is -2.40. The number of aliphatic imine (C=N–C) groups is 2. The van der Waals surface area contributed by atoms with Gasteiger partial charge in [0, 0.05) is 50.1 Å². The molecule has 3 heterocycles.